The van der Waals surface area contributed by atoms with E-state index in [0.29, 0.717) is 12.8 Å². The third-order valence-corrected chi connectivity index (χ3v) is 3.83. The Labute approximate surface area is 136 Å². The van der Waals surface area contributed by atoms with Crippen molar-refractivity contribution in [1.82, 2.24) is 5.32 Å². The van der Waals surface area contributed by atoms with Gasteiger partial charge in [-0.2, -0.15) is 0 Å². The van der Waals surface area contributed by atoms with Crippen molar-refractivity contribution < 1.29 is 13.6 Å². The van der Waals surface area contributed by atoms with E-state index < -0.39 is 17.7 Å². The van der Waals surface area contributed by atoms with Gasteiger partial charge in [0, 0.05) is 22.5 Å². The highest BCUT2D eigenvalue weighted by molar-refractivity contribution is 9.10. The minimum Gasteiger partial charge on any atom is -0.349 e. The van der Waals surface area contributed by atoms with Crippen LogP contribution in [0.3, 0.4) is 0 Å². The molecule has 0 aliphatic carbocycles. The molecule has 0 fully saturated rings. The Morgan fingerprint density at radius 2 is 2.00 bits per heavy atom. The third-order valence-electron chi connectivity index (χ3n) is 3.34. The first kappa shape index (κ1) is 16.6. The standard InChI is InChI=1S/C17H16BrF2NO/c1-11(15-7-6-14(19)10-16(15)20)21-17(22)8-5-12-3-2-4-13(18)9-12/h2-4,6-7,9-11H,5,8H2,1H3,(H,21,22). The van der Waals surface area contributed by atoms with E-state index in [4.69, 9.17) is 0 Å². The maximum atomic E-state index is 13.6. The molecule has 0 saturated heterocycles. The van der Waals surface area contributed by atoms with Gasteiger partial charge in [0.15, 0.2) is 0 Å². The molecule has 0 bridgehead atoms. The van der Waals surface area contributed by atoms with Gasteiger partial charge in [-0.3, -0.25) is 4.79 Å². The van der Waals surface area contributed by atoms with Gasteiger partial charge in [0.1, 0.15) is 11.6 Å². The van der Waals surface area contributed by atoms with Crippen LogP contribution in [0.4, 0.5) is 8.78 Å². The summed E-state index contributed by atoms with van der Waals surface area (Å²) in [5, 5.41) is 2.73. The van der Waals surface area contributed by atoms with Crippen molar-refractivity contribution in [3.63, 3.8) is 0 Å². The van der Waals surface area contributed by atoms with Gasteiger partial charge in [0.05, 0.1) is 6.04 Å². The SMILES string of the molecule is CC(NC(=O)CCc1cccc(Br)c1)c1ccc(F)cc1F. The number of halogens is 3. The minimum atomic E-state index is -0.653. The van der Waals surface area contributed by atoms with Crippen molar-refractivity contribution >= 4 is 21.8 Å². The molecule has 0 spiro atoms. The fourth-order valence-electron chi connectivity index (χ4n) is 2.19. The second-order valence-electron chi connectivity index (χ2n) is 5.08. The summed E-state index contributed by atoms with van der Waals surface area (Å²) in [4.78, 5) is 11.9. The van der Waals surface area contributed by atoms with Crippen molar-refractivity contribution in [3.05, 3.63) is 69.7 Å². The van der Waals surface area contributed by atoms with Gasteiger partial charge >= 0.3 is 0 Å². The monoisotopic (exact) mass is 367 g/mol. The van der Waals surface area contributed by atoms with Crippen LogP contribution in [0, 0.1) is 11.6 Å². The lowest BCUT2D eigenvalue weighted by Crippen LogP contribution is -2.27. The Balaban J connectivity index is 1.91. The number of rotatable bonds is 5. The molecule has 0 heterocycles. The Bertz CT molecular complexity index is 675. The first-order valence-electron chi connectivity index (χ1n) is 6.94. The number of hydrogen-bond donors (Lipinski definition) is 1. The number of carbonyl (C=O) groups excluding carboxylic acids is 1. The molecule has 2 aromatic rings. The molecule has 2 rings (SSSR count). The lowest BCUT2D eigenvalue weighted by atomic mass is 10.1. The maximum absolute atomic E-state index is 13.6. The van der Waals surface area contributed by atoms with Crippen LogP contribution in [0.15, 0.2) is 46.9 Å². The fraction of sp³-hybridized carbons (Fsp3) is 0.235. The first-order chi connectivity index (χ1) is 10.5. The second-order valence-corrected chi connectivity index (χ2v) is 6.00. The van der Waals surface area contributed by atoms with Crippen molar-refractivity contribution in [2.75, 3.05) is 0 Å². The van der Waals surface area contributed by atoms with Crippen molar-refractivity contribution in [2.45, 2.75) is 25.8 Å². The zero-order valence-electron chi connectivity index (χ0n) is 12.1. The molecule has 22 heavy (non-hydrogen) atoms. The molecule has 116 valence electrons. The van der Waals surface area contributed by atoms with Gasteiger partial charge in [-0.25, -0.2) is 8.78 Å². The van der Waals surface area contributed by atoms with Crippen LogP contribution in [0.1, 0.15) is 30.5 Å². The molecule has 1 N–H and O–H groups in total. The molecule has 0 aromatic heterocycles. The predicted molar refractivity (Wildman–Crippen MR) is 85.4 cm³/mol. The highest BCUT2D eigenvalue weighted by Gasteiger charge is 2.14. The van der Waals surface area contributed by atoms with Crippen LogP contribution >= 0.6 is 15.9 Å². The fourth-order valence-corrected chi connectivity index (χ4v) is 2.64. The molecule has 1 unspecified atom stereocenters. The molecule has 2 aromatic carbocycles. The molecule has 0 aliphatic rings. The normalized spacial score (nSPS) is 12.0. The molecule has 5 heteroatoms. The molecule has 1 atom stereocenters. The lowest BCUT2D eigenvalue weighted by molar-refractivity contribution is -0.121. The lowest BCUT2D eigenvalue weighted by Gasteiger charge is -2.15. The van der Waals surface area contributed by atoms with Gasteiger partial charge in [-0.1, -0.05) is 34.1 Å². The zero-order valence-corrected chi connectivity index (χ0v) is 13.7. The van der Waals surface area contributed by atoms with E-state index in [9.17, 15) is 13.6 Å². The van der Waals surface area contributed by atoms with Crippen LogP contribution in [0.2, 0.25) is 0 Å². The summed E-state index contributed by atoms with van der Waals surface area (Å²) >= 11 is 3.38. The van der Waals surface area contributed by atoms with Crippen molar-refractivity contribution in [3.8, 4) is 0 Å². The summed E-state index contributed by atoms with van der Waals surface area (Å²) in [6.07, 6.45) is 0.910. The van der Waals surface area contributed by atoms with Crippen LogP contribution in [0.25, 0.3) is 0 Å². The maximum Gasteiger partial charge on any atom is 0.220 e. The molecule has 0 aliphatic heterocycles. The van der Waals surface area contributed by atoms with Crippen LogP contribution in [-0.2, 0) is 11.2 Å². The molecular weight excluding hydrogens is 352 g/mol. The molecule has 0 saturated carbocycles. The summed E-state index contributed by atoms with van der Waals surface area (Å²) in [7, 11) is 0. The number of benzene rings is 2. The largest absolute Gasteiger partial charge is 0.349 e. The molecule has 1 amide bonds. The van der Waals surface area contributed by atoms with Gasteiger partial charge in [-0.05, 0) is 37.1 Å². The van der Waals surface area contributed by atoms with E-state index in [2.05, 4.69) is 21.2 Å². The van der Waals surface area contributed by atoms with E-state index in [-0.39, 0.29) is 11.5 Å². The van der Waals surface area contributed by atoms with E-state index in [1.54, 1.807) is 6.92 Å². The number of hydrogen-bond acceptors (Lipinski definition) is 1. The quantitative estimate of drug-likeness (QED) is 0.825. The summed E-state index contributed by atoms with van der Waals surface area (Å²) in [6.45, 7) is 1.67. The number of nitrogens with one attached hydrogen (secondary N) is 1. The number of aryl methyl sites for hydroxylation is 1. The minimum absolute atomic E-state index is 0.170. The van der Waals surface area contributed by atoms with Crippen LogP contribution in [-0.4, -0.2) is 5.91 Å². The summed E-state index contributed by atoms with van der Waals surface area (Å²) in [6, 6.07) is 10.6. The smallest absolute Gasteiger partial charge is 0.220 e. The third kappa shape index (κ3) is 4.63. The number of carbonyl (C=O) groups is 1. The molecule has 2 nitrogen and oxygen atoms in total. The average molecular weight is 368 g/mol. The second kappa shape index (κ2) is 7.49. The Hall–Kier alpha value is -1.75. The van der Waals surface area contributed by atoms with Crippen molar-refractivity contribution in [2.24, 2.45) is 0 Å². The van der Waals surface area contributed by atoms with Gasteiger partial charge in [-0.15, -0.1) is 0 Å². The van der Waals surface area contributed by atoms with Crippen LogP contribution in [0.5, 0.6) is 0 Å². The van der Waals surface area contributed by atoms with Crippen LogP contribution < -0.4 is 5.32 Å². The Morgan fingerprint density at radius 3 is 2.68 bits per heavy atom. The van der Waals surface area contributed by atoms with E-state index in [1.807, 2.05) is 24.3 Å². The van der Waals surface area contributed by atoms with Crippen molar-refractivity contribution in [1.29, 1.82) is 0 Å². The Kier molecular flexibility index (Phi) is 5.66. The van der Waals surface area contributed by atoms with E-state index in [1.165, 1.54) is 12.1 Å². The van der Waals surface area contributed by atoms with E-state index in [0.717, 1.165) is 16.1 Å². The zero-order chi connectivity index (χ0) is 16.1. The average Bonchev–Trinajstić information content (AvgIpc) is 2.45. The molecule has 0 radical (unpaired) electrons. The topological polar surface area (TPSA) is 29.1 Å². The highest BCUT2D eigenvalue weighted by Crippen LogP contribution is 2.18. The number of amides is 1. The molecular formula is C17H16BrF2NO. The van der Waals surface area contributed by atoms with Gasteiger partial charge in [0.2, 0.25) is 5.91 Å². The summed E-state index contributed by atoms with van der Waals surface area (Å²) < 4.78 is 27.5. The highest BCUT2D eigenvalue weighted by atomic mass is 79.9. The van der Waals surface area contributed by atoms with Gasteiger partial charge < -0.3 is 5.32 Å². The van der Waals surface area contributed by atoms with E-state index >= 15 is 0 Å². The summed E-state index contributed by atoms with van der Waals surface area (Å²) in [5.74, 6) is -1.45. The van der Waals surface area contributed by atoms with Gasteiger partial charge in [0.25, 0.3) is 0 Å². The Morgan fingerprint density at radius 1 is 1.23 bits per heavy atom. The first-order valence-corrected chi connectivity index (χ1v) is 7.74. The summed E-state index contributed by atoms with van der Waals surface area (Å²) in [5.41, 5.74) is 1.32. The predicted octanol–water partition coefficient (Wildman–Crippen LogP) is 4.54.